The molecule has 1 aromatic carbocycles. The predicted molar refractivity (Wildman–Crippen MR) is 71.4 cm³/mol. The van der Waals surface area contributed by atoms with Crippen molar-refractivity contribution in [2.45, 2.75) is 32.7 Å². The maximum Gasteiger partial charge on any atom is 0.328 e. The van der Waals surface area contributed by atoms with Crippen LogP contribution in [0.5, 0.6) is 0 Å². The second-order valence-electron chi connectivity index (χ2n) is 4.80. The van der Waals surface area contributed by atoms with Crippen LogP contribution in [0.25, 0.3) is 0 Å². The first-order valence-electron chi connectivity index (χ1n) is 5.45. The van der Waals surface area contributed by atoms with Gasteiger partial charge in [-0.25, -0.2) is 4.79 Å². The van der Waals surface area contributed by atoms with Gasteiger partial charge in [-0.05, 0) is 30.4 Å². The number of benzene rings is 1. The van der Waals surface area contributed by atoms with E-state index in [4.69, 9.17) is 10.8 Å². The molecule has 0 fully saturated rings. The molecule has 3 nitrogen and oxygen atoms in total. The second kappa shape index (κ2) is 6.03. The smallest absolute Gasteiger partial charge is 0.328 e. The Kier molecular flexibility index (Phi) is 5.66. The fraction of sp³-hybridized carbons (Fsp3) is 0.462. The minimum Gasteiger partial charge on any atom is -0.480 e. The van der Waals surface area contributed by atoms with Gasteiger partial charge in [0.05, 0.1) is 0 Å². The maximum absolute atomic E-state index is 11.0. The van der Waals surface area contributed by atoms with E-state index >= 15 is 0 Å². The molecule has 0 aromatic heterocycles. The summed E-state index contributed by atoms with van der Waals surface area (Å²) in [5.41, 5.74) is 6.26. The van der Waals surface area contributed by atoms with Crippen molar-refractivity contribution in [1.82, 2.24) is 0 Å². The van der Waals surface area contributed by atoms with Gasteiger partial charge >= 0.3 is 5.97 Å². The Labute approximate surface area is 108 Å². The SMILES string of the molecule is CC(C)Cc1ccc(C(C)(N)C(=O)O)cc1.Cl. The van der Waals surface area contributed by atoms with Crippen molar-refractivity contribution in [3.63, 3.8) is 0 Å². The molecule has 0 spiro atoms. The Morgan fingerprint density at radius 2 is 1.82 bits per heavy atom. The second-order valence-corrected chi connectivity index (χ2v) is 4.80. The van der Waals surface area contributed by atoms with E-state index in [2.05, 4.69) is 13.8 Å². The van der Waals surface area contributed by atoms with Crippen LogP contribution in [0, 0.1) is 5.92 Å². The van der Waals surface area contributed by atoms with Gasteiger partial charge < -0.3 is 10.8 Å². The van der Waals surface area contributed by atoms with Crippen molar-refractivity contribution >= 4 is 18.4 Å². The highest BCUT2D eigenvalue weighted by Crippen LogP contribution is 2.19. The summed E-state index contributed by atoms with van der Waals surface area (Å²) in [5, 5.41) is 8.98. The lowest BCUT2D eigenvalue weighted by Crippen LogP contribution is -2.41. The average Bonchev–Trinajstić information content (AvgIpc) is 2.17. The molecule has 1 atom stereocenters. The summed E-state index contributed by atoms with van der Waals surface area (Å²) in [4.78, 5) is 11.0. The van der Waals surface area contributed by atoms with Crippen molar-refractivity contribution in [2.24, 2.45) is 11.7 Å². The van der Waals surface area contributed by atoms with Gasteiger partial charge in [-0.2, -0.15) is 0 Å². The van der Waals surface area contributed by atoms with Crippen LogP contribution in [0.15, 0.2) is 24.3 Å². The number of carboxylic acid groups (broad SMARTS) is 1. The molecule has 3 N–H and O–H groups in total. The van der Waals surface area contributed by atoms with E-state index in [1.807, 2.05) is 12.1 Å². The maximum atomic E-state index is 11.0. The van der Waals surface area contributed by atoms with Crippen LogP contribution in [-0.4, -0.2) is 11.1 Å². The molecule has 0 radical (unpaired) electrons. The Hall–Kier alpha value is -1.06. The first-order chi connectivity index (χ1) is 7.34. The lowest BCUT2D eigenvalue weighted by molar-refractivity contribution is -0.143. The van der Waals surface area contributed by atoms with Crippen LogP contribution >= 0.6 is 12.4 Å². The molecule has 17 heavy (non-hydrogen) atoms. The minimum absolute atomic E-state index is 0. The number of hydrogen-bond donors (Lipinski definition) is 2. The van der Waals surface area contributed by atoms with Gasteiger partial charge in [0, 0.05) is 0 Å². The molecule has 0 aliphatic carbocycles. The molecule has 1 aromatic rings. The Bertz CT molecular complexity index is 372. The largest absolute Gasteiger partial charge is 0.480 e. The standard InChI is InChI=1S/C13H19NO2.ClH/c1-9(2)8-10-4-6-11(7-5-10)13(3,14)12(15)16;/h4-7,9H,8,14H2,1-3H3,(H,15,16);1H. The third-order valence-electron chi connectivity index (χ3n) is 2.64. The number of halogens is 1. The van der Waals surface area contributed by atoms with Gasteiger partial charge in [-0.1, -0.05) is 38.1 Å². The van der Waals surface area contributed by atoms with Gasteiger partial charge in [0.2, 0.25) is 0 Å². The zero-order valence-electron chi connectivity index (χ0n) is 10.4. The summed E-state index contributed by atoms with van der Waals surface area (Å²) in [6, 6.07) is 7.49. The monoisotopic (exact) mass is 257 g/mol. The first-order valence-corrected chi connectivity index (χ1v) is 5.45. The summed E-state index contributed by atoms with van der Waals surface area (Å²) in [5.74, 6) is -0.418. The molecular weight excluding hydrogens is 238 g/mol. The van der Waals surface area contributed by atoms with E-state index in [0.717, 1.165) is 6.42 Å². The van der Waals surface area contributed by atoms with Crippen molar-refractivity contribution in [1.29, 1.82) is 0 Å². The zero-order valence-corrected chi connectivity index (χ0v) is 11.3. The molecule has 4 heteroatoms. The Balaban J connectivity index is 0.00000256. The molecule has 96 valence electrons. The van der Waals surface area contributed by atoms with E-state index < -0.39 is 11.5 Å². The quantitative estimate of drug-likeness (QED) is 0.871. The van der Waals surface area contributed by atoms with Gasteiger partial charge in [-0.15, -0.1) is 12.4 Å². The van der Waals surface area contributed by atoms with E-state index in [-0.39, 0.29) is 12.4 Å². The highest BCUT2D eigenvalue weighted by Gasteiger charge is 2.29. The van der Waals surface area contributed by atoms with Crippen molar-refractivity contribution in [3.05, 3.63) is 35.4 Å². The summed E-state index contributed by atoms with van der Waals surface area (Å²) < 4.78 is 0. The molecule has 0 saturated carbocycles. The van der Waals surface area contributed by atoms with Gasteiger partial charge in [0.25, 0.3) is 0 Å². The van der Waals surface area contributed by atoms with Crippen LogP contribution in [0.1, 0.15) is 31.9 Å². The molecule has 0 aliphatic heterocycles. The highest BCUT2D eigenvalue weighted by molar-refractivity contribution is 5.85. The van der Waals surface area contributed by atoms with Crippen molar-refractivity contribution in [2.75, 3.05) is 0 Å². The molecule has 0 amide bonds. The molecule has 0 heterocycles. The number of hydrogen-bond acceptors (Lipinski definition) is 2. The summed E-state index contributed by atoms with van der Waals surface area (Å²) in [6.45, 7) is 5.81. The van der Waals surface area contributed by atoms with E-state index in [1.54, 1.807) is 12.1 Å². The number of nitrogens with two attached hydrogens (primary N) is 1. The molecule has 1 unspecified atom stereocenters. The topological polar surface area (TPSA) is 63.3 Å². The fourth-order valence-corrected chi connectivity index (χ4v) is 1.58. The van der Waals surface area contributed by atoms with Gasteiger partial charge in [0.1, 0.15) is 5.54 Å². The normalized spacial score (nSPS) is 13.9. The van der Waals surface area contributed by atoms with Crippen molar-refractivity contribution < 1.29 is 9.90 Å². The number of carbonyl (C=O) groups is 1. The molecule has 1 rings (SSSR count). The lowest BCUT2D eigenvalue weighted by Gasteiger charge is -2.20. The third-order valence-corrected chi connectivity index (χ3v) is 2.64. The van der Waals surface area contributed by atoms with E-state index in [0.29, 0.717) is 11.5 Å². The van der Waals surface area contributed by atoms with Crippen molar-refractivity contribution in [3.8, 4) is 0 Å². The zero-order chi connectivity index (χ0) is 12.3. The summed E-state index contributed by atoms with van der Waals surface area (Å²) >= 11 is 0. The van der Waals surface area contributed by atoms with E-state index in [9.17, 15) is 4.79 Å². The highest BCUT2D eigenvalue weighted by atomic mass is 35.5. The molecule has 0 bridgehead atoms. The Morgan fingerprint density at radius 1 is 1.35 bits per heavy atom. The number of carboxylic acids is 1. The van der Waals surface area contributed by atoms with Gasteiger partial charge in [-0.3, -0.25) is 0 Å². The molecular formula is C13H20ClNO2. The van der Waals surface area contributed by atoms with E-state index in [1.165, 1.54) is 12.5 Å². The van der Waals surface area contributed by atoms with Crippen LogP contribution in [0.4, 0.5) is 0 Å². The predicted octanol–water partition coefficient (Wildman–Crippen LogP) is 2.57. The first kappa shape index (κ1) is 15.9. The fourth-order valence-electron chi connectivity index (χ4n) is 1.58. The van der Waals surface area contributed by atoms with Crippen LogP contribution in [-0.2, 0) is 16.8 Å². The van der Waals surface area contributed by atoms with Gasteiger partial charge in [0.15, 0.2) is 0 Å². The van der Waals surface area contributed by atoms with Crippen LogP contribution in [0.3, 0.4) is 0 Å². The van der Waals surface area contributed by atoms with Crippen LogP contribution in [0.2, 0.25) is 0 Å². The molecule has 0 saturated heterocycles. The minimum atomic E-state index is -1.31. The molecule has 0 aliphatic rings. The number of aliphatic carboxylic acids is 1. The Morgan fingerprint density at radius 3 is 2.18 bits per heavy atom. The number of rotatable bonds is 4. The summed E-state index contributed by atoms with van der Waals surface area (Å²) in [7, 11) is 0. The summed E-state index contributed by atoms with van der Waals surface area (Å²) in [6.07, 6.45) is 0.995. The average molecular weight is 258 g/mol. The lowest BCUT2D eigenvalue weighted by atomic mass is 9.91. The van der Waals surface area contributed by atoms with Crippen LogP contribution < -0.4 is 5.73 Å². The third kappa shape index (κ3) is 4.02.